The maximum absolute atomic E-state index is 11.6. The fourth-order valence-electron chi connectivity index (χ4n) is 0.933. The lowest BCUT2D eigenvalue weighted by molar-refractivity contribution is 0.572. The lowest BCUT2D eigenvalue weighted by atomic mass is 10.4. The van der Waals surface area contributed by atoms with Gasteiger partial charge in [-0.25, -0.2) is 13.1 Å². The lowest BCUT2D eigenvalue weighted by Crippen LogP contribution is -2.29. The van der Waals surface area contributed by atoms with Crippen molar-refractivity contribution >= 4 is 33.0 Å². The summed E-state index contributed by atoms with van der Waals surface area (Å²) in [4.78, 5) is 0. The van der Waals surface area contributed by atoms with E-state index >= 15 is 0 Å². The Hall–Kier alpha value is -0.100. The third kappa shape index (κ3) is 2.70. The van der Waals surface area contributed by atoms with Gasteiger partial charge in [-0.2, -0.15) is 0 Å². The normalized spacial score (nSPS) is 12.4. The Labute approximate surface area is 93.1 Å². The molecule has 0 radical (unpaired) electrons. The van der Waals surface area contributed by atoms with Crippen LogP contribution in [0.4, 0.5) is 0 Å². The molecule has 0 aliphatic heterocycles. The molecule has 6 heteroatoms. The molecule has 0 spiro atoms. The molecule has 0 aromatic carbocycles. The molecular formula is C8H12ClNO2S2. The average Bonchev–Trinajstić information content (AvgIpc) is 2.30. The first-order valence-corrected chi connectivity index (χ1v) is 6.79. The predicted molar refractivity (Wildman–Crippen MR) is 59.5 cm³/mol. The van der Waals surface area contributed by atoms with Crippen LogP contribution in [0, 0.1) is 6.92 Å². The zero-order valence-electron chi connectivity index (χ0n) is 8.17. The van der Waals surface area contributed by atoms with Crippen molar-refractivity contribution in [2.45, 2.75) is 31.0 Å². The van der Waals surface area contributed by atoms with Crippen molar-refractivity contribution < 1.29 is 8.42 Å². The van der Waals surface area contributed by atoms with E-state index < -0.39 is 10.0 Å². The Balaban J connectivity index is 3.05. The molecule has 1 rings (SSSR count). The highest BCUT2D eigenvalue weighted by Gasteiger charge is 2.18. The Bertz CT molecular complexity index is 403. The van der Waals surface area contributed by atoms with Crippen LogP contribution in [0.3, 0.4) is 0 Å². The minimum Gasteiger partial charge on any atom is -0.208 e. The van der Waals surface area contributed by atoms with Crippen molar-refractivity contribution in [2.24, 2.45) is 0 Å². The van der Waals surface area contributed by atoms with Crippen LogP contribution in [0.25, 0.3) is 0 Å². The summed E-state index contributed by atoms with van der Waals surface area (Å²) in [5, 5.41) is 0. The molecule has 0 aliphatic rings. The van der Waals surface area contributed by atoms with Crippen LogP contribution < -0.4 is 4.72 Å². The highest BCUT2D eigenvalue weighted by Crippen LogP contribution is 2.29. The fraction of sp³-hybridized carbons (Fsp3) is 0.500. The molecule has 0 bridgehead atoms. The first-order valence-electron chi connectivity index (χ1n) is 4.11. The second-order valence-corrected chi connectivity index (χ2v) is 6.89. The Morgan fingerprint density at radius 2 is 2.07 bits per heavy atom. The van der Waals surface area contributed by atoms with E-state index in [9.17, 15) is 8.42 Å². The highest BCUT2D eigenvalue weighted by molar-refractivity contribution is 7.91. The van der Waals surface area contributed by atoms with Gasteiger partial charge in [0.05, 0.1) is 4.34 Å². The zero-order chi connectivity index (χ0) is 10.9. The van der Waals surface area contributed by atoms with Gasteiger partial charge in [-0.1, -0.05) is 11.6 Å². The first kappa shape index (κ1) is 12.0. The van der Waals surface area contributed by atoms with Gasteiger partial charge in [0.1, 0.15) is 4.21 Å². The summed E-state index contributed by atoms with van der Waals surface area (Å²) in [7, 11) is -3.38. The van der Waals surface area contributed by atoms with Gasteiger partial charge in [0, 0.05) is 6.04 Å². The van der Waals surface area contributed by atoms with Gasteiger partial charge in [-0.15, -0.1) is 11.3 Å². The molecular weight excluding hydrogens is 242 g/mol. The van der Waals surface area contributed by atoms with Crippen LogP contribution in [-0.2, 0) is 10.0 Å². The number of aryl methyl sites for hydroxylation is 1. The van der Waals surface area contributed by atoms with E-state index in [1.54, 1.807) is 26.8 Å². The van der Waals surface area contributed by atoms with Crippen LogP contribution >= 0.6 is 22.9 Å². The van der Waals surface area contributed by atoms with Crippen molar-refractivity contribution in [3.63, 3.8) is 0 Å². The monoisotopic (exact) mass is 253 g/mol. The second-order valence-electron chi connectivity index (χ2n) is 3.30. The Morgan fingerprint density at radius 3 is 2.43 bits per heavy atom. The summed E-state index contributed by atoms with van der Waals surface area (Å²) in [6.07, 6.45) is 0. The molecule has 0 aliphatic carbocycles. The molecule has 0 saturated carbocycles. The van der Waals surface area contributed by atoms with Crippen molar-refractivity contribution in [1.82, 2.24) is 4.72 Å². The maximum atomic E-state index is 11.6. The minimum absolute atomic E-state index is 0.110. The van der Waals surface area contributed by atoms with Gasteiger partial charge in [-0.3, -0.25) is 0 Å². The lowest BCUT2D eigenvalue weighted by Gasteiger charge is -2.06. The molecule has 0 atom stereocenters. The number of hydrogen-bond acceptors (Lipinski definition) is 3. The SMILES string of the molecule is Cc1cc(S(=O)(=O)NC(C)C)sc1Cl. The Kier molecular flexibility index (Phi) is 3.58. The van der Waals surface area contributed by atoms with Gasteiger partial charge >= 0.3 is 0 Å². The molecule has 0 unspecified atom stereocenters. The van der Waals surface area contributed by atoms with E-state index in [1.165, 1.54) is 0 Å². The summed E-state index contributed by atoms with van der Waals surface area (Å²) in [6.45, 7) is 5.34. The van der Waals surface area contributed by atoms with E-state index in [-0.39, 0.29) is 10.3 Å². The van der Waals surface area contributed by atoms with E-state index in [0.717, 1.165) is 16.9 Å². The summed E-state index contributed by atoms with van der Waals surface area (Å²) in [5.41, 5.74) is 0.792. The molecule has 0 fully saturated rings. The molecule has 80 valence electrons. The number of thiophene rings is 1. The topological polar surface area (TPSA) is 46.2 Å². The molecule has 14 heavy (non-hydrogen) atoms. The fourth-order valence-corrected chi connectivity index (χ4v) is 3.91. The minimum atomic E-state index is -3.38. The third-order valence-electron chi connectivity index (χ3n) is 1.49. The quantitative estimate of drug-likeness (QED) is 0.899. The molecule has 0 amide bonds. The molecule has 0 saturated heterocycles. The van der Waals surface area contributed by atoms with Crippen LogP contribution in [0.1, 0.15) is 19.4 Å². The molecule has 3 nitrogen and oxygen atoms in total. The number of halogens is 1. The van der Waals surface area contributed by atoms with Crippen LogP contribution in [0.5, 0.6) is 0 Å². The molecule has 1 aromatic rings. The summed E-state index contributed by atoms with van der Waals surface area (Å²) in [6, 6.07) is 1.47. The van der Waals surface area contributed by atoms with E-state index in [1.807, 2.05) is 0 Å². The summed E-state index contributed by atoms with van der Waals surface area (Å²) >= 11 is 6.88. The number of rotatable bonds is 3. The van der Waals surface area contributed by atoms with Crippen molar-refractivity contribution in [3.05, 3.63) is 16.0 Å². The third-order valence-corrected chi connectivity index (χ3v) is 5.18. The van der Waals surface area contributed by atoms with Gasteiger partial charge < -0.3 is 0 Å². The predicted octanol–water partition coefficient (Wildman–Crippen LogP) is 2.40. The van der Waals surface area contributed by atoms with Gasteiger partial charge in [0.2, 0.25) is 10.0 Å². The van der Waals surface area contributed by atoms with Crippen LogP contribution in [-0.4, -0.2) is 14.5 Å². The number of sulfonamides is 1. The molecule has 1 N–H and O–H groups in total. The van der Waals surface area contributed by atoms with Crippen molar-refractivity contribution in [2.75, 3.05) is 0 Å². The van der Waals surface area contributed by atoms with E-state index in [4.69, 9.17) is 11.6 Å². The number of hydrogen-bond donors (Lipinski definition) is 1. The van der Waals surface area contributed by atoms with Crippen LogP contribution in [0.2, 0.25) is 4.34 Å². The van der Waals surface area contributed by atoms with Gasteiger partial charge in [0.25, 0.3) is 0 Å². The summed E-state index contributed by atoms with van der Waals surface area (Å²) in [5.74, 6) is 0. The second kappa shape index (κ2) is 4.18. The van der Waals surface area contributed by atoms with Crippen molar-refractivity contribution in [1.29, 1.82) is 0 Å². The standard InChI is InChI=1S/C8H12ClNO2S2/c1-5(2)10-14(11,12)7-4-6(3)8(9)13-7/h4-5,10H,1-3H3. The largest absolute Gasteiger partial charge is 0.250 e. The van der Waals surface area contributed by atoms with Crippen molar-refractivity contribution in [3.8, 4) is 0 Å². The van der Waals surface area contributed by atoms with Gasteiger partial charge in [0.15, 0.2) is 0 Å². The average molecular weight is 254 g/mol. The summed E-state index contributed by atoms with van der Waals surface area (Å²) < 4.78 is 26.6. The first-order chi connectivity index (χ1) is 6.33. The molecule has 1 aromatic heterocycles. The van der Waals surface area contributed by atoms with E-state index in [0.29, 0.717) is 4.34 Å². The van der Waals surface area contributed by atoms with E-state index in [2.05, 4.69) is 4.72 Å². The highest BCUT2D eigenvalue weighted by atomic mass is 35.5. The maximum Gasteiger partial charge on any atom is 0.250 e. The zero-order valence-corrected chi connectivity index (χ0v) is 10.6. The number of nitrogens with one attached hydrogen (secondary N) is 1. The molecule has 1 heterocycles. The van der Waals surface area contributed by atoms with Gasteiger partial charge in [-0.05, 0) is 32.4 Å². The van der Waals surface area contributed by atoms with Crippen LogP contribution in [0.15, 0.2) is 10.3 Å². The smallest absolute Gasteiger partial charge is 0.208 e. The Morgan fingerprint density at radius 1 is 1.50 bits per heavy atom.